The molecule has 1 saturated carbocycles. The number of aliphatic hydroxyl groups is 1. The highest BCUT2D eigenvalue weighted by atomic mass is 16.3. The maximum atomic E-state index is 11.2. The molecule has 5 atom stereocenters. The van der Waals surface area contributed by atoms with Gasteiger partial charge < -0.3 is 5.11 Å². The second-order valence-electron chi connectivity index (χ2n) is 12.5. The van der Waals surface area contributed by atoms with Gasteiger partial charge in [-0.2, -0.15) is 0 Å². The van der Waals surface area contributed by atoms with Crippen LogP contribution < -0.4 is 0 Å². The molecule has 0 amide bonds. The van der Waals surface area contributed by atoms with Gasteiger partial charge in [0.1, 0.15) is 0 Å². The number of rotatable bonds is 0. The fraction of sp³-hybridized carbons (Fsp3) is 1.00. The standard InChI is InChI=1S/C22H44O/c1-19(2,3)14-13-15(23)17(21(7,8)9)18(22(10,11)12)16(14)20(4,5)6/h14-18,23H,13H2,1-12H3. The summed E-state index contributed by atoms with van der Waals surface area (Å²) in [5, 5.41) is 11.2. The van der Waals surface area contributed by atoms with E-state index in [1.54, 1.807) is 0 Å². The zero-order valence-electron chi connectivity index (χ0n) is 18.0. The second kappa shape index (κ2) is 6.04. The molecule has 1 heteroatoms. The molecule has 0 aromatic rings. The predicted molar refractivity (Wildman–Crippen MR) is 102 cm³/mol. The molecule has 5 unspecified atom stereocenters. The SMILES string of the molecule is CC(C)(C)C1CC(O)C(C(C)(C)C)C(C(C)(C)C)C1C(C)(C)C. The van der Waals surface area contributed by atoms with Crippen LogP contribution in [0.1, 0.15) is 89.5 Å². The molecule has 0 aromatic carbocycles. The third-order valence-corrected chi connectivity index (χ3v) is 6.23. The molecule has 1 fully saturated rings. The Morgan fingerprint density at radius 2 is 0.870 bits per heavy atom. The molecule has 0 aliphatic heterocycles. The van der Waals surface area contributed by atoms with E-state index in [1.807, 2.05) is 0 Å². The fourth-order valence-electron chi connectivity index (χ4n) is 5.49. The fourth-order valence-corrected chi connectivity index (χ4v) is 5.49. The molecule has 0 radical (unpaired) electrons. The molecule has 1 aliphatic rings. The lowest BCUT2D eigenvalue weighted by molar-refractivity contribution is -0.161. The van der Waals surface area contributed by atoms with Crippen molar-refractivity contribution in [2.24, 2.45) is 45.3 Å². The van der Waals surface area contributed by atoms with Crippen LogP contribution in [0.4, 0.5) is 0 Å². The summed E-state index contributed by atoms with van der Waals surface area (Å²) in [7, 11) is 0. The molecule has 0 bridgehead atoms. The van der Waals surface area contributed by atoms with Gasteiger partial charge in [-0.25, -0.2) is 0 Å². The molecule has 0 heterocycles. The molecule has 138 valence electrons. The molecule has 0 spiro atoms. The first-order valence-corrected chi connectivity index (χ1v) is 9.56. The molecule has 0 aromatic heterocycles. The van der Waals surface area contributed by atoms with Gasteiger partial charge >= 0.3 is 0 Å². The molecule has 1 aliphatic carbocycles. The van der Waals surface area contributed by atoms with Crippen LogP contribution in [0.25, 0.3) is 0 Å². The summed E-state index contributed by atoms with van der Waals surface area (Å²) in [6.07, 6.45) is 0.752. The van der Waals surface area contributed by atoms with E-state index in [0.717, 1.165) is 6.42 Å². The first-order valence-electron chi connectivity index (χ1n) is 9.56. The van der Waals surface area contributed by atoms with Crippen molar-refractivity contribution < 1.29 is 5.11 Å². The van der Waals surface area contributed by atoms with E-state index in [-0.39, 0.29) is 27.8 Å². The van der Waals surface area contributed by atoms with Gasteiger partial charge in [0.2, 0.25) is 0 Å². The number of aliphatic hydroxyl groups excluding tert-OH is 1. The van der Waals surface area contributed by atoms with Gasteiger partial charge in [-0.05, 0) is 51.8 Å². The summed E-state index contributed by atoms with van der Waals surface area (Å²) < 4.78 is 0. The van der Waals surface area contributed by atoms with Crippen LogP contribution in [0.3, 0.4) is 0 Å². The minimum Gasteiger partial charge on any atom is -0.393 e. The quantitative estimate of drug-likeness (QED) is 0.546. The van der Waals surface area contributed by atoms with Gasteiger partial charge in [0, 0.05) is 0 Å². The Morgan fingerprint density at radius 3 is 1.13 bits per heavy atom. The van der Waals surface area contributed by atoms with Gasteiger partial charge in [-0.1, -0.05) is 83.1 Å². The zero-order valence-corrected chi connectivity index (χ0v) is 18.0. The van der Waals surface area contributed by atoms with Crippen LogP contribution in [-0.2, 0) is 0 Å². The van der Waals surface area contributed by atoms with E-state index < -0.39 is 0 Å². The van der Waals surface area contributed by atoms with Crippen LogP contribution in [0, 0.1) is 45.3 Å². The summed E-state index contributed by atoms with van der Waals surface area (Å²) in [5.74, 6) is 2.05. The smallest absolute Gasteiger partial charge is 0.0579 e. The van der Waals surface area contributed by atoms with Crippen LogP contribution in [0.2, 0.25) is 0 Å². The van der Waals surface area contributed by atoms with Crippen molar-refractivity contribution in [3.05, 3.63) is 0 Å². The zero-order chi connectivity index (χ0) is 18.6. The minimum atomic E-state index is -0.193. The molecule has 1 rings (SSSR count). The van der Waals surface area contributed by atoms with Crippen molar-refractivity contribution in [3.63, 3.8) is 0 Å². The summed E-state index contributed by atoms with van der Waals surface area (Å²) >= 11 is 0. The summed E-state index contributed by atoms with van der Waals surface area (Å²) in [5.41, 5.74) is 0.801. The Morgan fingerprint density at radius 1 is 0.522 bits per heavy atom. The van der Waals surface area contributed by atoms with E-state index in [0.29, 0.717) is 23.7 Å². The first kappa shape index (κ1) is 21.0. The average Bonchev–Trinajstić information content (AvgIpc) is 2.21. The van der Waals surface area contributed by atoms with E-state index in [2.05, 4.69) is 83.1 Å². The van der Waals surface area contributed by atoms with Gasteiger partial charge in [0.25, 0.3) is 0 Å². The Bertz CT molecular complexity index is 394. The maximum Gasteiger partial charge on any atom is 0.0579 e. The van der Waals surface area contributed by atoms with Crippen LogP contribution in [0.5, 0.6) is 0 Å². The third-order valence-electron chi connectivity index (χ3n) is 6.23. The van der Waals surface area contributed by atoms with Crippen LogP contribution >= 0.6 is 0 Å². The highest BCUT2D eigenvalue weighted by molar-refractivity contribution is 5.05. The van der Waals surface area contributed by atoms with Crippen LogP contribution in [0.15, 0.2) is 0 Å². The highest BCUT2D eigenvalue weighted by Crippen LogP contribution is 2.60. The van der Waals surface area contributed by atoms with Gasteiger partial charge in [-0.3, -0.25) is 0 Å². The van der Waals surface area contributed by atoms with Gasteiger partial charge in [-0.15, -0.1) is 0 Å². The molecule has 0 saturated heterocycles. The Labute approximate surface area is 146 Å². The van der Waals surface area contributed by atoms with Crippen LogP contribution in [-0.4, -0.2) is 11.2 Å². The highest BCUT2D eigenvalue weighted by Gasteiger charge is 2.57. The topological polar surface area (TPSA) is 20.2 Å². The summed E-state index contributed by atoms with van der Waals surface area (Å²) in [6.45, 7) is 28.4. The average molecular weight is 325 g/mol. The van der Waals surface area contributed by atoms with E-state index in [4.69, 9.17) is 0 Å². The van der Waals surface area contributed by atoms with Crippen molar-refractivity contribution >= 4 is 0 Å². The van der Waals surface area contributed by atoms with Crippen molar-refractivity contribution in [1.29, 1.82) is 0 Å². The first-order chi connectivity index (χ1) is 9.88. The Hall–Kier alpha value is -0.0400. The molecule has 23 heavy (non-hydrogen) atoms. The summed E-state index contributed by atoms with van der Waals surface area (Å²) in [6, 6.07) is 0. The van der Waals surface area contributed by atoms with Crippen molar-refractivity contribution in [2.45, 2.75) is 95.6 Å². The Kier molecular flexibility index (Phi) is 5.52. The predicted octanol–water partition coefficient (Wildman–Crippen LogP) is 6.40. The molecule has 1 nitrogen and oxygen atoms in total. The monoisotopic (exact) mass is 324 g/mol. The largest absolute Gasteiger partial charge is 0.393 e. The van der Waals surface area contributed by atoms with Crippen molar-refractivity contribution in [2.75, 3.05) is 0 Å². The second-order valence-corrected chi connectivity index (χ2v) is 12.5. The number of hydrogen-bond acceptors (Lipinski definition) is 1. The Balaban J connectivity index is 3.56. The van der Waals surface area contributed by atoms with Gasteiger partial charge in [0.05, 0.1) is 6.10 Å². The summed E-state index contributed by atoms with van der Waals surface area (Å²) in [4.78, 5) is 0. The van der Waals surface area contributed by atoms with Gasteiger partial charge in [0.15, 0.2) is 0 Å². The lowest BCUT2D eigenvalue weighted by Gasteiger charge is -2.61. The van der Waals surface area contributed by atoms with E-state index >= 15 is 0 Å². The lowest BCUT2D eigenvalue weighted by Crippen LogP contribution is -2.58. The maximum absolute atomic E-state index is 11.2. The third kappa shape index (κ3) is 4.53. The van der Waals surface area contributed by atoms with E-state index in [1.165, 1.54) is 0 Å². The minimum absolute atomic E-state index is 0.129. The lowest BCUT2D eigenvalue weighted by atomic mass is 9.45. The van der Waals surface area contributed by atoms with Crippen molar-refractivity contribution in [3.8, 4) is 0 Å². The van der Waals surface area contributed by atoms with Crippen molar-refractivity contribution in [1.82, 2.24) is 0 Å². The molecule has 1 N–H and O–H groups in total. The normalized spacial score (nSPS) is 34.6. The number of hydrogen-bond donors (Lipinski definition) is 1. The molecular weight excluding hydrogens is 280 g/mol. The molecular formula is C22H44O. The van der Waals surface area contributed by atoms with E-state index in [9.17, 15) is 5.11 Å².